The summed E-state index contributed by atoms with van der Waals surface area (Å²) < 4.78 is 0. The zero-order chi connectivity index (χ0) is 18.4. The van der Waals surface area contributed by atoms with Crippen LogP contribution in [0.5, 0.6) is 0 Å². The van der Waals surface area contributed by atoms with Gasteiger partial charge in [0.25, 0.3) is 5.91 Å². The summed E-state index contributed by atoms with van der Waals surface area (Å²) >= 11 is 0. The molecule has 1 aliphatic rings. The van der Waals surface area contributed by atoms with Crippen LogP contribution in [0.3, 0.4) is 0 Å². The number of benzene rings is 1. The molecule has 0 spiro atoms. The largest absolute Gasteiger partial charge is 0.400 e. The van der Waals surface area contributed by atoms with E-state index < -0.39 is 0 Å². The maximum absolute atomic E-state index is 11.7. The lowest BCUT2D eigenvalue weighted by Crippen LogP contribution is -2.30. The molecule has 0 radical (unpaired) electrons. The van der Waals surface area contributed by atoms with Crippen LogP contribution in [-0.4, -0.2) is 49.2 Å². The van der Waals surface area contributed by atoms with Gasteiger partial charge in [-0.15, -0.1) is 0 Å². The minimum atomic E-state index is 0.0166. The highest BCUT2D eigenvalue weighted by Crippen LogP contribution is 2.07. The van der Waals surface area contributed by atoms with Crippen molar-refractivity contribution in [3.05, 3.63) is 35.4 Å². The summed E-state index contributed by atoms with van der Waals surface area (Å²) in [6.07, 6.45) is 6.41. The van der Waals surface area contributed by atoms with Crippen molar-refractivity contribution in [1.29, 1.82) is 0 Å². The molecule has 2 rings (SSSR count). The smallest absolute Gasteiger partial charge is 0.251 e. The molecule has 24 heavy (non-hydrogen) atoms. The summed E-state index contributed by atoms with van der Waals surface area (Å²) in [6.45, 7) is 8.71. The summed E-state index contributed by atoms with van der Waals surface area (Å²) in [6, 6.07) is 8.03. The molecule has 1 aromatic carbocycles. The molecular weight excluding hydrogens is 300 g/mol. The number of carbonyl (C=O) groups is 1. The van der Waals surface area contributed by atoms with Gasteiger partial charge in [-0.3, -0.25) is 4.79 Å². The summed E-state index contributed by atoms with van der Waals surface area (Å²) in [4.78, 5) is 14.1. The number of aliphatic hydroxyl groups is 1. The van der Waals surface area contributed by atoms with E-state index in [4.69, 9.17) is 5.11 Å². The molecule has 0 aliphatic carbocycles. The van der Waals surface area contributed by atoms with Crippen LogP contribution < -0.4 is 5.32 Å². The van der Waals surface area contributed by atoms with Crippen LogP contribution in [0.25, 0.3) is 0 Å². The predicted octanol–water partition coefficient (Wildman–Crippen LogP) is 3.49. The van der Waals surface area contributed by atoms with E-state index in [1.165, 1.54) is 37.9 Å². The molecule has 1 fully saturated rings. The standard InChI is InChI=1S/C13H19NO.C6H13N.CH4O/c1-4-6-11-7-5-8-12(9-11)13(15)14-10(2)3;1-7-5-3-2-4-6-7;1-2/h5,7-10H,4,6H2,1-3H3,(H,14,15);2-6H2,1H3;2H,1H3. The van der Waals surface area contributed by atoms with Crippen molar-refractivity contribution < 1.29 is 9.90 Å². The van der Waals surface area contributed by atoms with Crippen LogP contribution in [0.4, 0.5) is 0 Å². The van der Waals surface area contributed by atoms with Crippen LogP contribution >= 0.6 is 0 Å². The van der Waals surface area contributed by atoms with E-state index in [1.807, 2.05) is 32.0 Å². The number of rotatable bonds is 4. The Hall–Kier alpha value is -1.39. The Labute approximate surface area is 148 Å². The number of piperidine rings is 1. The van der Waals surface area contributed by atoms with E-state index >= 15 is 0 Å². The molecule has 1 aromatic rings. The third-order valence-corrected chi connectivity index (χ3v) is 3.73. The van der Waals surface area contributed by atoms with Crippen LogP contribution in [-0.2, 0) is 6.42 Å². The minimum Gasteiger partial charge on any atom is -0.400 e. The Bertz CT molecular complexity index is 441. The van der Waals surface area contributed by atoms with Gasteiger partial charge in [-0.25, -0.2) is 0 Å². The molecule has 0 saturated carbocycles. The van der Waals surface area contributed by atoms with Crippen LogP contribution in [0.1, 0.15) is 62.4 Å². The number of nitrogens with zero attached hydrogens (tertiary/aromatic N) is 1. The van der Waals surface area contributed by atoms with Gasteiger partial charge < -0.3 is 15.3 Å². The summed E-state index contributed by atoms with van der Waals surface area (Å²) in [7, 11) is 3.19. The van der Waals surface area contributed by atoms with Gasteiger partial charge in [0.1, 0.15) is 0 Å². The average Bonchev–Trinajstić information content (AvgIpc) is 2.58. The van der Waals surface area contributed by atoms with Crippen LogP contribution in [0.2, 0.25) is 0 Å². The van der Waals surface area contributed by atoms with Gasteiger partial charge >= 0.3 is 0 Å². The summed E-state index contributed by atoms with van der Waals surface area (Å²) in [5.41, 5.74) is 1.99. The third kappa shape index (κ3) is 10.4. The van der Waals surface area contributed by atoms with E-state index in [1.54, 1.807) is 0 Å². The van der Waals surface area contributed by atoms with Crippen molar-refractivity contribution in [2.45, 2.75) is 58.9 Å². The van der Waals surface area contributed by atoms with E-state index in [0.29, 0.717) is 0 Å². The lowest BCUT2D eigenvalue weighted by Gasteiger charge is -2.20. The molecule has 2 N–H and O–H groups in total. The normalized spacial score (nSPS) is 14.1. The lowest BCUT2D eigenvalue weighted by atomic mass is 10.1. The first-order valence-electron chi connectivity index (χ1n) is 9.06. The second-order valence-electron chi connectivity index (χ2n) is 6.44. The molecule has 0 unspecified atom stereocenters. The first-order chi connectivity index (χ1) is 11.5. The number of likely N-dealkylation sites (tertiary alicyclic amines) is 1. The molecule has 0 bridgehead atoms. The molecule has 4 nitrogen and oxygen atoms in total. The van der Waals surface area contributed by atoms with Crippen molar-refractivity contribution in [2.75, 3.05) is 27.2 Å². The van der Waals surface area contributed by atoms with Crippen molar-refractivity contribution >= 4 is 5.91 Å². The topological polar surface area (TPSA) is 52.6 Å². The Morgan fingerprint density at radius 1 is 1.21 bits per heavy atom. The highest BCUT2D eigenvalue weighted by atomic mass is 16.2. The van der Waals surface area contributed by atoms with Gasteiger partial charge in [-0.1, -0.05) is 31.9 Å². The second-order valence-corrected chi connectivity index (χ2v) is 6.44. The fourth-order valence-electron chi connectivity index (χ4n) is 2.55. The number of aliphatic hydroxyl groups excluding tert-OH is 1. The number of hydrogen-bond donors (Lipinski definition) is 2. The number of carbonyl (C=O) groups excluding carboxylic acids is 1. The fraction of sp³-hybridized carbons (Fsp3) is 0.650. The zero-order valence-corrected chi connectivity index (χ0v) is 16.1. The second kappa shape index (κ2) is 14.0. The van der Waals surface area contributed by atoms with Gasteiger partial charge in [-0.05, 0) is 70.9 Å². The van der Waals surface area contributed by atoms with Crippen LogP contribution in [0, 0.1) is 0 Å². The predicted molar refractivity (Wildman–Crippen MR) is 103 cm³/mol. The molecule has 1 aliphatic heterocycles. The summed E-state index contributed by atoms with van der Waals surface area (Å²) in [5, 5.41) is 9.89. The zero-order valence-electron chi connectivity index (χ0n) is 16.1. The number of nitrogens with one attached hydrogen (secondary N) is 1. The van der Waals surface area contributed by atoms with E-state index in [2.05, 4.69) is 30.3 Å². The lowest BCUT2D eigenvalue weighted by molar-refractivity contribution is 0.0943. The third-order valence-electron chi connectivity index (χ3n) is 3.73. The monoisotopic (exact) mass is 336 g/mol. The van der Waals surface area contributed by atoms with Crippen molar-refractivity contribution in [3.8, 4) is 0 Å². The molecule has 1 heterocycles. The molecule has 0 atom stereocenters. The molecule has 138 valence electrons. The number of hydrogen-bond acceptors (Lipinski definition) is 3. The molecular formula is C20H36N2O2. The van der Waals surface area contributed by atoms with Gasteiger partial charge in [-0.2, -0.15) is 0 Å². The van der Waals surface area contributed by atoms with E-state index in [0.717, 1.165) is 25.5 Å². The van der Waals surface area contributed by atoms with Crippen molar-refractivity contribution in [1.82, 2.24) is 10.2 Å². The molecule has 1 amide bonds. The van der Waals surface area contributed by atoms with Crippen LogP contribution in [0.15, 0.2) is 24.3 Å². The minimum absolute atomic E-state index is 0.0166. The Morgan fingerprint density at radius 3 is 2.29 bits per heavy atom. The van der Waals surface area contributed by atoms with Gasteiger partial charge in [0.15, 0.2) is 0 Å². The van der Waals surface area contributed by atoms with E-state index in [-0.39, 0.29) is 11.9 Å². The molecule has 0 aromatic heterocycles. The fourth-order valence-corrected chi connectivity index (χ4v) is 2.55. The number of amides is 1. The first kappa shape index (κ1) is 22.6. The number of aryl methyl sites for hydroxylation is 1. The van der Waals surface area contributed by atoms with Crippen molar-refractivity contribution in [3.63, 3.8) is 0 Å². The maximum Gasteiger partial charge on any atom is 0.251 e. The van der Waals surface area contributed by atoms with Crippen molar-refractivity contribution in [2.24, 2.45) is 0 Å². The molecule has 1 saturated heterocycles. The molecule has 4 heteroatoms. The van der Waals surface area contributed by atoms with Gasteiger partial charge in [0.2, 0.25) is 0 Å². The Kier molecular flexibility index (Phi) is 13.2. The Balaban J connectivity index is 0.000000488. The SMILES string of the molecule is CCCc1cccc(C(=O)NC(C)C)c1.CN1CCCCC1.CO. The van der Waals surface area contributed by atoms with Gasteiger partial charge in [0, 0.05) is 18.7 Å². The first-order valence-corrected chi connectivity index (χ1v) is 9.06. The summed E-state index contributed by atoms with van der Waals surface area (Å²) in [5.74, 6) is 0.0166. The maximum atomic E-state index is 11.7. The van der Waals surface area contributed by atoms with E-state index in [9.17, 15) is 4.79 Å². The Morgan fingerprint density at radius 2 is 1.83 bits per heavy atom. The quantitative estimate of drug-likeness (QED) is 0.885. The average molecular weight is 337 g/mol. The van der Waals surface area contributed by atoms with Gasteiger partial charge in [0.05, 0.1) is 0 Å². The highest BCUT2D eigenvalue weighted by molar-refractivity contribution is 5.94. The highest BCUT2D eigenvalue weighted by Gasteiger charge is 2.06.